The molecule has 4 rings (SSSR count). The van der Waals surface area contributed by atoms with E-state index in [1.54, 1.807) is 6.20 Å². The molecule has 0 aliphatic rings. The third kappa shape index (κ3) is 9.53. The lowest BCUT2D eigenvalue weighted by atomic mass is 10.0. The molecule has 0 amide bonds. The maximum Gasteiger partial charge on any atom is 0.261 e. The van der Waals surface area contributed by atoms with Crippen LogP contribution in [0.1, 0.15) is 13.8 Å². The molecule has 0 saturated carbocycles. The second-order valence-corrected chi connectivity index (χ2v) is 11.4. The van der Waals surface area contributed by atoms with Gasteiger partial charge in [0, 0.05) is 23.7 Å². The molecule has 4 aromatic rings. The van der Waals surface area contributed by atoms with Crippen LogP contribution >= 0.6 is 0 Å². The molecule has 0 unspecified atom stereocenters. The van der Waals surface area contributed by atoms with E-state index in [2.05, 4.69) is 29.0 Å². The van der Waals surface area contributed by atoms with E-state index in [1.807, 2.05) is 22.8 Å². The van der Waals surface area contributed by atoms with Gasteiger partial charge in [-0.25, -0.2) is 13.8 Å². The van der Waals surface area contributed by atoms with Crippen molar-refractivity contribution in [3.8, 4) is 22.4 Å². The summed E-state index contributed by atoms with van der Waals surface area (Å²) in [6, 6.07) is 9.24. The first kappa shape index (κ1) is 29.8. The molecule has 0 bridgehead atoms. The molecule has 2 aromatic carbocycles. The summed E-state index contributed by atoms with van der Waals surface area (Å²) in [6.07, 6.45) is 3.06. The number of nitrogens with two attached hydrogens (primary N) is 1. The first-order valence-electron chi connectivity index (χ1n) is 10.5. The van der Waals surface area contributed by atoms with Crippen LogP contribution in [0, 0.1) is 17.6 Å². The Labute approximate surface area is 212 Å². The molecule has 0 aliphatic heterocycles. The van der Waals surface area contributed by atoms with E-state index >= 15 is 0 Å². The van der Waals surface area contributed by atoms with E-state index in [0.717, 1.165) is 34.8 Å². The molecule has 2 aromatic heterocycles. The van der Waals surface area contributed by atoms with Crippen molar-refractivity contribution in [1.82, 2.24) is 19.7 Å². The summed E-state index contributed by atoms with van der Waals surface area (Å²) in [6.45, 7) is 4.97. The average molecular weight is 560 g/mol. The number of H-pyrrole nitrogens is 1. The third-order valence-electron chi connectivity index (χ3n) is 4.48. The molecule has 0 aliphatic carbocycles. The lowest BCUT2D eigenvalue weighted by Gasteiger charge is -2.10. The van der Waals surface area contributed by atoms with E-state index < -0.39 is 31.9 Å². The molecule has 5 N–H and O–H groups in total. The second-order valence-electron chi connectivity index (χ2n) is 8.43. The van der Waals surface area contributed by atoms with E-state index in [-0.39, 0.29) is 5.56 Å². The van der Waals surface area contributed by atoms with Crippen LogP contribution in [0.25, 0.3) is 33.4 Å². The highest BCUT2D eigenvalue weighted by Crippen LogP contribution is 2.34. The average Bonchev–Trinajstić information content (AvgIpc) is 3.30. The predicted molar refractivity (Wildman–Crippen MR) is 137 cm³/mol. The molecule has 0 saturated heterocycles. The number of hydrogen-bond donors (Lipinski definition) is 4. The molecular weight excluding hydrogens is 532 g/mol. The van der Waals surface area contributed by atoms with Gasteiger partial charge in [-0.1, -0.05) is 19.9 Å². The van der Waals surface area contributed by atoms with E-state index in [0.29, 0.717) is 30.1 Å². The highest BCUT2D eigenvalue weighted by atomic mass is 32.2. The summed E-state index contributed by atoms with van der Waals surface area (Å²) in [7, 11) is -7.33. The Hall–Kier alpha value is -3.40. The first-order chi connectivity index (χ1) is 16.9. The molecular formula is C22H27F2N5O6S2. The van der Waals surface area contributed by atoms with Crippen molar-refractivity contribution in [2.24, 2.45) is 5.92 Å². The number of rotatable bonds is 4. The van der Waals surface area contributed by atoms with Crippen molar-refractivity contribution in [2.75, 3.05) is 18.2 Å². The van der Waals surface area contributed by atoms with Gasteiger partial charge >= 0.3 is 0 Å². The van der Waals surface area contributed by atoms with Crippen LogP contribution in [0.2, 0.25) is 0 Å². The van der Waals surface area contributed by atoms with Crippen molar-refractivity contribution in [3.63, 3.8) is 0 Å². The Kier molecular flexibility index (Phi) is 9.49. The second kappa shape index (κ2) is 11.8. The Morgan fingerprint density at radius 1 is 1.00 bits per heavy atom. The highest BCUT2D eigenvalue weighted by molar-refractivity contribution is 7.85. The fourth-order valence-electron chi connectivity index (χ4n) is 3.27. The van der Waals surface area contributed by atoms with Crippen LogP contribution in [-0.2, 0) is 26.8 Å². The Bertz CT molecular complexity index is 1550. The molecule has 202 valence electrons. The predicted octanol–water partition coefficient (Wildman–Crippen LogP) is 3.62. The van der Waals surface area contributed by atoms with E-state index in [9.17, 15) is 25.6 Å². The van der Waals surface area contributed by atoms with Crippen LogP contribution in [0.4, 0.5) is 14.7 Å². The van der Waals surface area contributed by atoms with Gasteiger partial charge in [0.05, 0.1) is 35.4 Å². The minimum Gasteiger partial charge on any atom is -0.369 e. The number of hydrogen-bond acceptors (Lipinski definition) is 7. The number of fused-ring (bicyclic) bond motifs is 1. The zero-order chi connectivity index (χ0) is 28.1. The molecule has 15 heteroatoms. The zero-order valence-electron chi connectivity index (χ0n) is 20.3. The van der Waals surface area contributed by atoms with Gasteiger partial charge in [-0.3, -0.25) is 14.2 Å². The lowest BCUT2D eigenvalue weighted by molar-refractivity contribution is 0.488. The molecule has 2 heterocycles. The van der Waals surface area contributed by atoms with Crippen LogP contribution in [0.15, 0.2) is 42.6 Å². The van der Waals surface area contributed by atoms with Crippen molar-refractivity contribution >= 4 is 37.2 Å². The molecule has 0 radical (unpaired) electrons. The minimum absolute atomic E-state index is 0.263. The molecule has 11 nitrogen and oxygen atoms in total. The minimum atomic E-state index is -3.67. The van der Waals surface area contributed by atoms with Gasteiger partial charge in [0.15, 0.2) is 0 Å². The summed E-state index contributed by atoms with van der Waals surface area (Å²) >= 11 is 0. The van der Waals surface area contributed by atoms with Gasteiger partial charge < -0.3 is 10.3 Å². The molecule has 37 heavy (non-hydrogen) atoms. The van der Waals surface area contributed by atoms with Crippen molar-refractivity contribution in [2.45, 2.75) is 20.4 Å². The van der Waals surface area contributed by atoms with Crippen LogP contribution in [0.5, 0.6) is 0 Å². The van der Waals surface area contributed by atoms with E-state index in [4.69, 9.17) is 14.8 Å². The maximum atomic E-state index is 14.3. The van der Waals surface area contributed by atoms with Gasteiger partial charge in [0.25, 0.3) is 20.2 Å². The summed E-state index contributed by atoms with van der Waals surface area (Å²) < 4.78 is 81.2. The van der Waals surface area contributed by atoms with Crippen molar-refractivity contribution in [3.05, 3.63) is 54.2 Å². The first-order valence-corrected chi connectivity index (χ1v) is 14.2. The van der Waals surface area contributed by atoms with Crippen LogP contribution < -0.4 is 5.73 Å². The van der Waals surface area contributed by atoms with Gasteiger partial charge in [-0.15, -0.1) is 0 Å². The fourth-order valence-corrected chi connectivity index (χ4v) is 3.27. The number of halogens is 2. The summed E-state index contributed by atoms with van der Waals surface area (Å²) in [5.41, 5.74) is 10.1. The smallest absolute Gasteiger partial charge is 0.261 e. The van der Waals surface area contributed by atoms with Gasteiger partial charge in [0.1, 0.15) is 11.6 Å². The largest absolute Gasteiger partial charge is 0.369 e. The fraction of sp³-hybridized carbons (Fsp3) is 0.273. The van der Waals surface area contributed by atoms with Crippen LogP contribution in [-0.4, -0.2) is 58.2 Å². The number of nitrogens with zero attached hydrogens (tertiary/aromatic N) is 3. The van der Waals surface area contributed by atoms with Gasteiger partial charge in [-0.2, -0.15) is 21.9 Å². The molecule has 0 atom stereocenters. The Balaban J connectivity index is 0.000000412. The quantitative estimate of drug-likeness (QED) is 0.271. The Morgan fingerprint density at radius 3 is 2.14 bits per heavy atom. The lowest BCUT2D eigenvalue weighted by Crippen LogP contribution is -2.07. The number of nitrogen functional groups attached to an aromatic ring is 1. The summed E-state index contributed by atoms with van der Waals surface area (Å²) in [4.78, 5) is 4.41. The Morgan fingerprint density at radius 2 is 1.59 bits per heavy atom. The highest BCUT2D eigenvalue weighted by Gasteiger charge is 2.16. The number of aromatic nitrogens is 4. The summed E-state index contributed by atoms with van der Waals surface area (Å²) in [5, 5.41) is 6.88. The van der Waals surface area contributed by atoms with Crippen LogP contribution in [0.3, 0.4) is 0 Å². The normalized spacial score (nSPS) is 11.6. The number of nitrogens with one attached hydrogen (secondary N) is 1. The van der Waals surface area contributed by atoms with Crippen molar-refractivity contribution < 1.29 is 34.7 Å². The molecule has 0 spiro atoms. The number of benzene rings is 2. The standard InChI is InChI=1S/C20H19F2N5.2CH4O3S/c1-11(2)10-27-18-7-12(3-6-17(18)25-20(27)23)15-9-24-26-19(15)14-5-4-13(21)8-16(14)22;2*1-5(2,3)4/h3-9,11H,10H2,1-2H3,(H2,23,25)(H,24,26);2*1H3,(H,2,3,4). The molecule has 0 fully saturated rings. The SMILES string of the molecule is CC(C)Cn1c(N)nc2ccc(-c3cn[nH]c3-c3ccc(F)cc3F)cc21.CS(=O)(=O)O.CS(=O)(=O)O. The number of aromatic amines is 1. The maximum absolute atomic E-state index is 14.3. The van der Waals surface area contributed by atoms with Gasteiger partial charge in [-0.05, 0) is 35.7 Å². The van der Waals surface area contributed by atoms with Gasteiger partial charge in [0.2, 0.25) is 5.95 Å². The number of imidazole rings is 1. The monoisotopic (exact) mass is 559 g/mol. The summed E-state index contributed by atoms with van der Waals surface area (Å²) in [5.74, 6) is -0.388. The zero-order valence-corrected chi connectivity index (χ0v) is 22.0. The third-order valence-corrected chi connectivity index (χ3v) is 4.48. The topological polar surface area (TPSA) is 181 Å². The van der Waals surface area contributed by atoms with Crippen molar-refractivity contribution in [1.29, 1.82) is 0 Å². The van der Waals surface area contributed by atoms with E-state index in [1.165, 1.54) is 12.1 Å². The number of anilines is 1.